The summed E-state index contributed by atoms with van der Waals surface area (Å²) in [5.74, 6) is 1.14. The number of aromatic nitrogens is 2. The van der Waals surface area contributed by atoms with E-state index in [9.17, 15) is 4.79 Å². The average molecular weight is 264 g/mol. The molecule has 0 spiro atoms. The van der Waals surface area contributed by atoms with E-state index in [0.29, 0.717) is 6.54 Å². The first-order valence-electron chi connectivity index (χ1n) is 6.93. The molecule has 0 unspecified atom stereocenters. The third-order valence-electron chi connectivity index (χ3n) is 3.37. The average Bonchev–Trinajstić information content (AvgIpc) is 2.68. The van der Waals surface area contributed by atoms with Gasteiger partial charge in [0.05, 0.1) is 5.69 Å². The zero-order valence-electron chi connectivity index (χ0n) is 12.3. The van der Waals surface area contributed by atoms with Crippen molar-refractivity contribution >= 4 is 5.91 Å². The molecule has 0 saturated heterocycles. The van der Waals surface area contributed by atoms with E-state index in [1.54, 1.807) is 6.92 Å². The molecular formula is C14H24N4O. The van der Waals surface area contributed by atoms with Crippen LogP contribution in [0.25, 0.3) is 0 Å². The lowest BCUT2D eigenvalue weighted by molar-refractivity contribution is -0.118. The Hall–Kier alpha value is -1.36. The van der Waals surface area contributed by atoms with Gasteiger partial charge < -0.3 is 15.2 Å². The molecule has 0 saturated carbocycles. The van der Waals surface area contributed by atoms with E-state index >= 15 is 0 Å². The van der Waals surface area contributed by atoms with Crippen molar-refractivity contribution in [1.82, 2.24) is 20.2 Å². The maximum absolute atomic E-state index is 11.0. The summed E-state index contributed by atoms with van der Waals surface area (Å²) in [6, 6.07) is 0. The van der Waals surface area contributed by atoms with Crippen molar-refractivity contribution in [3.63, 3.8) is 0 Å². The normalized spacial score (nSPS) is 15.2. The summed E-state index contributed by atoms with van der Waals surface area (Å²) in [6.07, 6.45) is 1.01. The molecule has 0 bridgehead atoms. The molecule has 19 heavy (non-hydrogen) atoms. The summed E-state index contributed by atoms with van der Waals surface area (Å²) in [6.45, 7) is 11.4. The van der Waals surface area contributed by atoms with Gasteiger partial charge >= 0.3 is 0 Å². The SMILES string of the molecule is CC(=O)NCCn1c(C(C)(C)C)nc2c1CCNC2. The first kappa shape index (κ1) is 14.1. The Kier molecular flexibility index (Phi) is 3.94. The van der Waals surface area contributed by atoms with E-state index in [4.69, 9.17) is 4.98 Å². The van der Waals surface area contributed by atoms with Crippen molar-refractivity contribution < 1.29 is 4.79 Å². The number of hydrogen-bond donors (Lipinski definition) is 2. The molecule has 1 amide bonds. The molecule has 1 aliphatic rings. The predicted octanol–water partition coefficient (Wildman–Crippen LogP) is 0.962. The molecule has 2 N–H and O–H groups in total. The van der Waals surface area contributed by atoms with Crippen LogP contribution >= 0.6 is 0 Å². The van der Waals surface area contributed by atoms with Gasteiger partial charge in [-0.2, -0.15) is 0 Å². The van der Waals surface area contributed by atoms with E-state index < -0.39 is 0 Å². The zero-order chi connectivity index (χ0) is 14.0. The molecule has 1 aromatic heterocycles. The van der Waals surface area contributed by atoms with E-state index in [2.05, 4.69) is 36.0 Å². The number of nitrogens with zero attached hydrogens (tertiary/aromatic N) is 2. The molecule has 2 heterocycles. The Morgan fingerprint density at radius 3 is 2.84 bits per heavy atom. The highest BCUT2D eigenvalue weighted by molar-refractivity contribution is 5.72. The highest BCUT2D eigenvalue weighted by Gasteiger charge is 2.26. The first-order chi connectivity index (χ1) is 8.89. The van der Waals surface area contributed by atoms with E-state index in [-0.39, 0.29) is 11.3 Å². The zero-order valence-corrected chi connectivity index (χ0v) is 12.3. The third kappa shape index (κ3) is 3.15. The Bertz CT molecular complexity index is 471. The second kappa shape index (κ2) is 5.33. The molecule has 1 aromatic rings. The molecule has 5 nitrogen and oxygen atoms in total. The topological polar surface area (TPSA) is 59.0 Å². The molecule has 0 aromatic carbocycles. The fourth-order valence-corrected chi connectivity index (χ4v) is 2.53. The van der Waals surface area contributed by atoms with Gasteiger partial charge in [-0.25, -0.2) is 4.98 Å². The molecule has 0 fully saturated rings. The van der Waals surface area contributed by atoms with Crippen molar-refractivity contribution in [2.45, 2.75) is 52.6 Å². The number of imidazole rings is 1. The Balaban J connectivity index is 2.27. The minimum atomic E-state index is 0.0213. The Morgan fingerprint density at radius 1 is 1.47 bits per heavy atom. The van der Waals surface area contributed by atoms with Crippen LogP contribution in [-0.2, 0) is 29.7 Å². The van der Waals surface area contributed by atoms with Crippen molar-refractivity contribution in [3.05, 3.63) is 17.2 Å². The van der Waals surface area contributed by atoms with Gasteiger partial charge in [-0.05, 0) is 0 Å². The van der Waals surface area contributed by atoms with E-state index in [1.807, 2.05) is 0 Å². The second-order valence-corrected chi connectivity index (χ2v) is 6.14. The van der Waals surface area contributed by atoms with Crippen molar-refractivity contribution in [2.24, 2.45) is 0 Å². The summed E-state index contributed by atoms with van der Waals surface area (Å²) in [4.78, 5) is 15.8. The van der Waals surface area contributed by atoms with Gasteiger partial charge in [-0.15, -0.1) is 0 Å². The number of hydrogen-bond acceptors (Lipinski definition) is 3. The largest absolute Gasteiger partial charge is 0.355 e. The smallest absolute Gasteiger partial charge is 0.216 e. The fourth-order valence-electron chi connectivity index (χ4n) is 2.53. The van der Waals surface area contributed by atoms with Crippen LogP contribution in [0.4, 0.5) is 0 Å². The Labute approximate surface area is 114 Å². The van der Waals surface area contributed by atoms with Crippen molar-refractivity contribution in [2.75, 3.05) is 13.1 Å². The lowest BCUT2D eigenvalue weighted by Gasteiger charge is -2.22. The van der Waals surface area contributed by atoms with Crippen LogP contribution in [0.5, 0.6) is 0 Å². The van der Waals surface area contributed by atoms with Crippen molar-refractivity contribution in [3.8, 4) is 0 Å². The summed E-state index contributed by atoms with van der Waals surface area (Å²) in [7, 11) is 0. The molecule has 0 atom stereocenters. The number of nitrogens with one attached hydrogen (secondary N) is 2. The molecular weight excluding hydrogens is 240 g/mol. The number of rotatable bonds is 3. The maximum Gasteiger partial charge on any atom is 0.216 e. The standard InChI is InChI=1S/C14H24N4O/c1-10(19)16-7-8-18-12-5-6-15-9-11(12)17-13(18)14(2,3)4/h15H,5-9H2,1-4H3,(H,16,19). The van der Waals surface area contributed by atoms with E-state index in [0.717, 1.165) is 31.9 Å². The van der Waals surface area contributed by atoms with Crippen molar-refractivity contribution in [1.29, 1.82) is 0 Å². The third-order valence-corrected chi connectivity index (χ3v) is 3.37. The molecule has 0 aliphatic carbocycles. The number of fused-ring (bicyclic) bond motifs is 1. The molecule has 2 rings (SSSR count). The predicted molar refractivity (Wildman–Crippen MR) is 75.0 cm³/mol. The molecule has 5 heteroatoms. The van der Waals surface area contributed by atoms with Crippen LogP contribution in [0.15, 0.2) is 0 Å². The van der Waals surface area contributed by atoms with Gasteiger partial charge in [-0.1, -0.05) is 20.8 Å². The molecule has 1 aliphatic heterocycles. The van der Waals surface area contributed by atoms with Gasteiger partial charge in [0.1, 0.15) is 5.82 Å². The Morgan fingerprint density at radius 2 is 2.21 bits per heavy atom. The lowest BCUT2D eigenvalue weighted by atomic mass is 9.95. The minimum Gasteiger partial charge on any atom is -0.355 e. The monoisotopic (exact) mass is 264 g/mol. The first-order valence-corrected chi connectivity index (χ1v) is 6.93. The summed E-state index contributed by atoms with van der Waals surface area (Å²) < 4.78 is 2.30. The number of carbonyl (C=O) groups is 1. The maximum atomic E-state index is 11.0. The number of carbonyl (C=O) groups excluding carboxylic acids is 1. The molecule has 0 radical (unpaired) electrons. The fraction of sp³-hybridized carbons (Fsp3) is 0.714. The summed E-state index contributed by atoms with van der Waals surface area (Å²) in [5, 5.41) is 6.23. The van der Waals surface area contributed by atoms with E-state index in [1.165, 1.54) is 11.4 Å². The van der Waals surface area contributed by atoms with Crippen LogP contribution in [-0.4, -0.2) is 28.5 Å². The quantitative estimate of drug-likeness (QED) is 0.855. The summed E-state index contributed by atoms with van der Waals surface area (Å²) in [5.41, 5.74) is 2.51. The van der Waals surface area contributed by atoms with Gasteiger partial charge in [0.2, 0.25) is 5.91 Å². The summed E-state index contributed by atoms with van der Waals surface area (Å²) >= 11 is 0. The lowest BCUT2D eigenvalue weighted by Crippen LogP contribution is -2.29. The van der Waals surface area contributed by atoms with Crippen LogP contribution in [0.1, 0.15) is 44.9 Å². The van der Waals surface area contributed by atoms with Gasteiger partial charge in [0, 0.05) is 50.6 Å². The van der Waals surface area contributed by atoms with Gasteiger partial charge in [0.25, 0.3) is 0 Å². The number of amides is 1. The van der Waals surface area contributed by atoms with Crippen LogP contribution in [0.2, 0.25) is 0 Å². The molecule has 106 valence electrons. The van der Waals surface area contributed by atoms with Crippen LogP contribution < -0.4 is 10.6 Å². The second-order valence-electron chi connectivity index (χ2n) is 6.14. The highest BCUT2D eigenvalue weighted by Crippen LogP contribution is 2.26. The minimum absolute atomic E-state index is 0.0213. The van der Waals surface area contributed by atoms with Gasteiger partial charge in [0.15, 0.2) is 0 Å². The van der Waals surface area contributed by atoms with Crippen LogP contribution in [0.3, 0.4) is 0 Å². The highest BCUT2D eigenvalue weighted by atomic mass is 16.1. The van der Waals surface area contributed by atoms with Gasteiger partial charge in [-0.3, -0.25) is 4.79 Å². The van der Waals surface area contributed by atoms with Crippen LogP contribution in [0, 0.1) is 0 Å².